The predicted molar refractivity (Wildman–Crippen MR) is 109 cm³/mol. The van der Waals surface area contributed by atoms with E-state index in [2.05, 4.69) is 15.5 Å². The largest absolute Gasteiger partial charge is 0.348 e. The van der Waals surface area contributed by atoms with Gasteiger partial charge in [0, 0.05) is 18.4 Å². The Bertz CT molecular complexity index is 1300. The summed E-state index contributed by atoms with van der Waals surface area (Å²) in [7, 11) is 0. The topological polar surface area (TPSA) is 74.8 Å². The number of carbonyl (C=O) groups excluding carboxylic acids is 1. The van der Waals surface area contributed by atoms with E-state index in [1.54, 1.807) is 36.4 Å². The fourth-order valence-electron chi connectivity index (χ4n) is 3.28. The molecule has 1 aromatic heterocycles. The van der Waals surface area contributed by atoms with Crippen LogP contribution in [-0.4, -0.2) is 16.1 Å². The van der Waals surface area contributed by atoms with Crippen molar-refractivity contribution in [3.63, 3.8) is 0 Å². The van der Waals surface area contributed by atoms with Crippen LogP contribution in [0.1, 0.15) is 27.2 Å². The third-order valence-corrected chi connectivity index (χ3v) is 4.76. The number of rotatable bonds is 5. The van der Waals surface area contributed by atoms with Gasteiger partial charge in [0.05, 0.1) is 16.6 Å². The Kier molecular flexibility index (Phi) is 5.34. The van der Waals surface area contributed by atoms with Crippen LogP contribution >= 0.6 is 0 Å². The highest BCUT2D eigenvalue weighted by Crippen LogP contribution is 2.18. The summed E-state index contributed by atoms with van der Waals surface area (Å²) in [6, 6.07) is 17.1. The van der Waals surface area contributed by atoms with Crippen molar-refractivity contribution < 1.29 is 13.6 Å². The molecule has 2 N–H and O–H groups in total. The molecule has 0 unspecified atom stereocenters. The van der Waals surface area contributed by atoms with Gasteiger partial charge in [-0.05, 0) is 41.5 Å². The standard InChI is InChI=1S/C23H17F2N3O2/c24-16-5-3-4-15(10-16)13-26-22(29)19-11-14(8-9-20(19)25)12-21-17-6-1-2-7-18(17)23(30)28-27-21/h1-11H,12-13H2,(H,26,29)(H,28,30). The second-order valence-corrected chi connectivity index (χ2v) is 6.85. The van der Waals surface area contributed by atoms with Gasteiger partial charge in [-0.25, -0.2) is 13.9 Å². The van der Waals surface area contributed by atoms with Crippen molar-refractivity contribution in [3.8, 4) is 0 Å². The molecule has 0 aliphatic heterocycles. The van der Waals surface area contributed by atoms with Gasteiger partial charge in [0.2, 0.25) is 0 Å². The maximum atomic E-state index is 14.3. The van der Waals surface area contributed by atoms with Crippen LogP contribution in [0.25, 0.3) is 10.8 Å². The van der Waals surface area contributed by atoms with Crippen LogP contribution in [0.15, 0.2) is 71.5 Å². The van der Waals surface area contributed by atoms with Gasteiger partial charge in [-0.1, -0.05) is 36.4 Å². The summed E-state index contributed by atoms with van der Waals surface area (Å²) in [6.45, 7) is 0.0758. The zero-order valence-corrected chi connectivity index (χ0v) is 15.8. The predicted octanol–water partition coefficient (Wildman–Crippen LogP) is 3.72. The van der Waals surface area contributed by atoms with Crippen LogP contribution < -0.4 is 10.9 Å². The van der Waals surface area contributed by atoms with Gasteiger partial charge in [-0.15, -0.1) is 0 Å². The molecule has 0 atom stereocenters. The normalized spacial score (nSPS) is 10.9. The third kappa shape index (κ3) is 4.10. The van der Waals surface area contributed by atoms with Crippen LogP contribution in [0.3, 0.4) is 0 Å². The average Bonchev–Trinajstić information content (AvgIpc) is 2.75. The zero-order valence-electron chi connectivity index (χ0n) is 15.8. The van der Waals surface area contributed by atoms with E-state index in [-0.39, 0.29) is 17.7 Å². The van der Waals surface area contributed by atoms with Crippen molar-refractivity contribution in [2.75, 3.05) is 0 Å². The average molecular weight is 405 g/mol. The first-order chi connectivity index (χ1) is 14.5. The van der Waals surface area contributed by atoms with E-state index in [0.29, 0.717) is 34.0 Å². The Hall–Kier alpha value is -3.87. The van der Waals surface area contributed by atoms with E-state index >= 15 is 0 Å². The number of fused-ring (bicyclic) bond motifs is 1. The number of halogens is 2. The van der Waals surface area contributed by atoms with Crippen molar-refractivity contribution in [1.82, 2.24) is 15.5 Å². The van der Waals surface area contributed by atoms with Gasteiger partial charge < -0.3 is 5.32 Å². The van der Waals surface area contributed by atoms with Crippen molar-refractivity contribution in [1.29, 1.82) is 0 Å². The highest BCUT2D eigenvalue weighted by atomic mass is 19.1. The molecule has 7 heteroatoms. The Balaban J connectivity index is 1.57. The summed E-state index contributed by atoms with van der Waals surface area (Å²) < 4.78 is 27.5. The molecule has 0 aliphatic rings. The molecule has 0 saturated carbocycles. The first-order valence-electron chi connectivity index (χ1n) is 9.28. The summed E-state index contributed by atoms with van der Waals surface area (Å²) in [5.41, 5.74) is 1.45. The lowest BCUT2D eigenvalue weighted by molar-refractivity contribution is 0.0946. The molecule has 4 rings (SSSR count). The van der Waals surface area contributed by atoms with Gasteiger partial charge in [-0.2, -0.15) is 5.10 Å². The lowest BCUT2D eigenvalue weighted by atomic mass is 10.0. The highest BCUT2D eigenvalue weighted by molar-refractivity contribution is 5.94. The number of aromatic amines is 1. The summed E-state index contributed by atoms with van der Waals surface area (Å²) in [5.74, 6) is -1.66. The maximum Gasteiger partial charge on any atom is 0.272 e. The molecule has 30 heavy (non-hydrogen) atoms. The summed E-state index contributed by atoms with van der Waals surface area (Å²) in [5, 5.41) is 10.4. The number of carbonyl (C=O) groups is 1. The van der Waals surface area contributed by atoms with Crippen molar-refractivity contribution in [2.45, 2.75) is 13.0 Å². The van der Waals surface area contributed by atoms with E-state index in [0.717, 1.165) is 0 Å². The van der Waals surface area contributed by atoms with Crippen molar-refractivity contribution in [2.24, 2.45) is 0 Å². The number of nitrogens with zero attached hydrogens (tertiary/aromatic N) is 1. The van der Waals surface area contributed by atoms with Crippen molar-refractivity contribution in [3.05, 3.63) is 111 Å². The quantitative estimate of drug-likeness (QED) is 0.531. The van der Waals surface area contributed by atoms with Gasteiger partial charge in [0.25, 0.3) is 11.5 Å². The van der Waals surface area contributed by atoms with Crippen molar-refractivity contribution >= 4 is 16.7 Å². The molecule has 3 aromatic carbocycles. The molecular weight excluding hydrogens is 388 g/mol. The minimum absolute atomic E-state index is 0.0758. The fourth-order valence-corrected chi connectivity index (χ4v) is 3.28. The van der Waals surface area contributed by atoms with Gasteiger partial charge in [0.1, 0.15) is 11.6 Å². The van der Waals surface area contributed by atoms with Crippen LogP contribution in [0.5, 0.6) is 0 Å². The van der Waals surface area contributed by atoms with E-state index < -0.39 is 17.5 Å². The van der Waals surface area contributed by atoms with Crippen LogP contribution in [0.2, 0.25) is 0 Å². The van der Waals surface area contributed by atoms with E-state index in [9.17, 15) is 18.4 Å². The first kappa shape index (κ1) is 19.4. The second-order valence-electron chi connectivity index (χ2n) is 6.85. The Morgan fingerprint density at radius 3 is 2.53 bits per heavy atom. The van der Waals surface area contributed by atoms with Gasteiger partial charge in [0.15, 0.2) is 0 Å². The fraction of sp³-hybridized carbons (Fsp3) is 0.0870. The first-order valence-corrected chi connectivity index (χ1v) is 9.28. The molecule has 0 radical (unpaired) electrons. The summed E-state index contributed by atoms with van der Waals surface area (Å²) in [6.07, 6.45) is 0.307. The highest BCUT2D eigenvalue weighted by Gasteiger charge is 2.14. The molecule has 4 aromatic rings. The Morgan fingerprint density at radius 1 is 0.933 bits per heavy atom. The minimum Gasteiger partial charge on any atom is -0.348 e. The van der Waals surface area contributed by atoms with E-state index in [1.165, 1.54) is 24.3 Å². The van der Waals surface area contributed by atoms with E-state index in [4.69, 9.17) is 0 Å². The lowest BCUT2D eigenvalue weighted by Crippen LogP contribution is -2.24. The Labute approximate surface area is 170 Å². The van der Waals surface area contributed by atoms with Crippen LogP contribution in [-0.2, 0) is 13.0 Å². The van der Waals surface area contributed by atoms with Crippen LogP contribution in [0, 0.1) is 11.6 Å². The van der Waals surface area contributed by atoms with Crippen LogP contribution in [0.4, 0.5) is 8.78 Å². The summed E-state index contributed by atoms with van der Waals surface area (Å²) in [4.78, 5) is 24.4. The zero-order chi connectivity index (χ0) is 21.1. The number of amides is 1. The number of H-pyrrole nitrogens is 1. The SMILES string of the molecule is O=C(NCc1cccc(F)c1)c1cc(Cc2n[nH]c(=O)c3ccccc23)ccc1F. The number of hydrogen-bond donors (Lipinski definition) is 2. The molecule has 0 fully saturated rings. The number of benzene rings is 3. The number of nitrogens with one attached hydrogen (secondary N) is 2. The molecule has 0 saturated heterocycles. The molecular formula is C23H17F2N3O2. The number of hydrogen-bond acceptors (Lipinski definition) is 3. The smallest absolute Gasteiger partial charge is 0.272 e. The second kappa shape index (κ2) is 8.24. The summed E-state index contributed by atoms with van der Waals surface area (Å²) >= 11 is 0. The lowest BCUT2D eigenvalue weighted by Gasteiger charge is -2.09. The third-order valence-electron chi connectivity index (χ3n) is 4.76. The maximum absolute atomic E-state index is 14.3. The van der Waals surface area contributed by atoms with Gasteiger partial charge in [-0.3, -0.25) is 9.59 Å². The monoisotopic (exact) mass is 405 g/mol. The molecule has 0 aliphatic carbocycles. The molecule has 0 bridgehead atoms. The Morgan fingerprint density at radius 2 is 1.73 bits per heavy atom. The van der Waals surface area contributed by atoms with Gasteiger partial charge >= 0.3 is 0 Å². The molecule has 0 spiro atoms. The van der Waals surface area contributed by atoms with E-state index in [1.807, 2.05) is 6.07 Å². The molecule has 150 valence electrons. The molecule has 1 heterocycles. The minimum atomic E-state index is -0.658. The molecule has 1 amide bonds. The number of aromatic nitrogens is 2. The molecule has 5 nitrogen and oxygen atoms in total.